The molecule has 0 aromatic carbocycles. The van der Waals surface area contributed by atoms with E-state index in [0.717, 1.165) is 6.20 Å². The number of amides is 3. The highest BCUT2D eigenvalue weighted by Gasteiger charge is 2.43. The van der Waals surface area contributed by atoms with Gasteiger partial charge in [-0.2, -0.15) is 0 Å². The number of halogens is 1. The Hall–Kier alpha value is -3.40. The Morgan fingerprint density at radius 2 is 1.94 bits per heavy atom. The van der Waals surface area contributed by atoms with E-state index in [2.05, 4.69) is 25.9 Å². The van der Waals surface area contributed by atoms with Gasteiger partial charge in [0.2, 0.25) is 11.8 Å². The van der Waals surface area contributed by atoms with Crippen LogP contribution < -0.4 is 20.9 Å². The summed E-state index contributed by atoms with van der Waals surface area (Å²) in [6, 6.07) is 2.53. The highest BCUT2D eigenvalue weighted by Crippen LogP contribution is 2.32. The fourth-order valence-corrected chi connectivity index (χ4v) is 3.49. The van der Waals surface area contributed by atoms with Crippen LogP contribution in [0.3, 0.4) is 0 Å². The molecule has 3 heterocycles. The van der Waals surface area contributed by atoms with Crippen LogP contribution in [-0.4, -0.2) is 52.9 Å². The van der Waals surface area contributed by atoms with Crippen LogP contribution in [-0.2, 0) is 20.8 Å². The molecule has 32 heavy (non-hydrogen) atoms. The first-order chi connectivity index (χ1) is 15.2. The topological polar surface area (TPSA) is 116 Å². The quantitative estimate of drug-likeness (QED) is 0.595. The molecule has 0 spiro atoms. The summed E-state index contributed by atoms with van der Waals surface area (Å²) in [4.78, 5) is 48.5. The molecular weight excluding hydrogens is 415 g/mol. The lowest BCUT2D eigenvalue weighted by Gasteiger charge is -2.31. The smallest absolute Gasteiger partial charge is 0.251 e. The molecule has 2 aromatic heterocycles. The molecule has 0 radical (unpaired) electrons. The fraction of sp³-hybridized carbons (Fsp3) is 0.409. The van der Waals surface area contributed by atoms with Gasteiger partial charge < -0.3 is 16.0 Å². The van der Waals surface area contributed by atoms with Gasteiger partial charge >= 0.3 is 0 Å². The molecule has 10 heteroatoms. The Kier molecular flexibility index (Phi) is 7.14. The van der Waals surface area contributed by atoms with E-state index in [-0.39, 0.29) is 23.9 Å². The summed E-state index contributed by atoms with van der Waals surface area (Å²) in [7, 11) is 1.65. The Balaban J connectivity index is 1.91. The third kappa shape index (κ3) is 4.75. The molecule has 1 aliphatic heterocycles. The Morgan fingerprint density at radius 1 is 1.19 bits per heavy atom. The van der Waals surface area contributed by atoms with Crippen molar-refractivity contribution in [2.24, 2.45) is 5.92 Å². The van der Waals surface area contributed by atoms with Gasteiger partial charge in [-0.25, -0.2) is 9.37 Å². The highest BCUT2D eigenvalue weighted by atomic mass is 19.1. The molecule has 0 fully saturated rings. The number of hydrogen-bond acceptors (Lipinski definition) is 6. The van der Waals surface area contributed by atoms with Crippen LogP contribution >= 0.6 is 0 Å². The van der Waals surface area contributed by atoms with Gasteiger partial charge in [0.25, 0.3) is 5.91 Å². The zero-order valence-electron chi connectivity index (χ0n) is 18.4. The van der Waals surface area contributed by atoms with Crippen LogP contribution in [0.25, 0.3) is 0 Å². The van der Waals surface area contributed by atoms with Crippen molar-refractivity contribution in [3.05, 3.63) is 48.2 Å². The standard InChI is InChI=1S/C22H27FN6O3/c1-12(2)18(28-20(30)13(3)24-4)22(32)29-17(10-14-6-5-8-26-19(14)29)21(31)27-16-7-9-25-11-15(16)23/h5-9,11-13,17-18,24H,10H2,1-4H3,(H,28,30)(H,25,27,31). The molecule has 2 aromatic rings. The molecule has 3 amide bonds. The van der Waals surface area contributed by atoms with Crippen molar-refractivity contribution in [1.29, 1.82) is 0 Å². The molecule has 3 atom stereocenters. The van der Waals surface area contributed by atoms with E-state index in [1.807, 2.05) is 13.8 Å². The minimum Gasteiger partial charge on any atom is -0.343 e. The lowest BCUT2D eigenvalue weighted by Crippen LogP contribution is -2.57. The number of carbonyl (C=O) groups excluding carboxylic acids is 3. The molecule has 0 saturated carbocycles. The maximum Gasteiger partial charge on any atom is 0.251 e. The lowest BCUT2D eigenvalue weighted by atomic mass is 10.0. The van der Waals surface area contributed by atoms with Crippen molar-refractivity contribution in [1.82, 2.24) is 20.6 Å². The predicted molar refractivity (Wildman–Crippen MR) is 117 cm³/mol. The van der Waals surface area contributed by atoms with Gasteiger partial charge in [-0.15, -0.1) is 0 Å². The predicted octanol–water partition coefficient (Wildman–Crippen LogP) is 1.26. The van der Waals surface area contributed by atoms with Gasteiger partial charge in [-0.05, 0) is 37.6 Å². The molecule has 3 rings (SSSR count). The molecule has 9 nitrogen and oxygen atoms in total. The third-order valence-electron chi connectivity index (χ3n) is 5.45. The molecule has 3 N–H and O–H groups in total. The second-order valence-electron chi connectivity index (χ2n) is 8.00. The van der Waals surface area contributed by atoms with E-state index in [0.29, 0.717) is 11.4 Å². The zero-order valence-corrected chi connectivity index (χ0v) is 18.4. The number of nitrogens with one attached hydrogen (secondary N) is 3. The van der Waals surface area contributed by atoms with Crippen LogP contribution in [0, 0.1) is 11.7 Å². The van der Waals surface area contributed by atoms with Gasteiger partial charge in [0.05, 0.1) is 17.9 Å². The monoisotopic (exact) mass is 442 g/mol. The Bertz CT molecular complexity index is 1010. The fourth-order valence-electron chi connectivity index (χ4n) is 3.49. The van der Waals surface area contributed by atoms with E-state index in [4.69, 9.17) is 0 Å². The second kappa shape index (κ2) is 9.82. The van der Waals surface area contributed by atoms with Crippen molar-refractivity contribution in [2.75, 3.05) is 17.3 Å². The number of anilines is 2. The number of fused-ring (bicyclic) bond motifs is 1. The number of pyridine rings is 2. The first-order valence-corrected chi connectivity index (χ1v) is 10.4. The molecule has 0 saturated heterocycles. The zero-order chi connectivity index (χ0) is 23.4. The van der Waals surface area contributed by atoms with Crippen LogP contribution in [0.4, 0.5) is 15.9 Å². The number of aromatic nitrogens is 2. The Labute approximate surface area is 185 Å². The number of nitrogens with zero attached hydrogens (tertiary/aromatic N) is 3. The average molecular weight is 442 g/mol. The van der Waals surface area contributed by atoms with Gasteiger partial charge in [-0.3, -0.25) is 24.3 Å². The summed E-state index contributed by atoms with van der Waals surface area (Å²) in [6.45, 7) is 5.30. The van der Waals surface area contributed by atoms with Gasteiger partial charge in [0.15, 0.2) is 5.82 Å². The highest BCUT2D eigenvalue weighted by molar-refractivity contribution is 6.09. The number of rotatable bonds is 7. The van der Waals surface area contributed by atoms with Crippen LogP contribution in [0.1, 0.15) is 26.3 Å². The second-order valence-corrected chi connectivity index (χ2v) is 8.00. The maximum atomic E-state index is 14.0. The summed E-state index contributed by atoms with van der Waals surface area (Å²) >= 11 is 0. The van der Waals surface area contributed by atoms with Crippen molar-refractivity contribution in [3.63, 3.8) is 0 Å². The van der Waals surface area contributed by atoms with Gasteiger partial charge in [0.1, 0.15) is 17.9 Å². The van der Waals surface area contributed by atoms with E-state index in [1.165, 1.54) is 23.4 Å². The molecule has 3 unspecified atom stereocenters. The van der Waals surface area contributed by atoms with Gasteiger partial charge in [-0.1, -0.05) is 19.9 Å². The molecule has 0 bridgehead atoms. The van der Waals surface area contributed by atoms with Crippen molar-refractivity contribution in [2.45, 2.75) is 45.3 Å². The summed E-state index contributed by atoms with van der Waals surface area (Å²) in [5, 5.41) is 8.15. The number of hydrogen-bond donors (Lipinski definition) is 3. The SMILES string of the molecule is CNC(C)C(=O)NC(C(=O)N1c2ncccc2CC1C(=O)Nc1ccncc1F)C(C)C. The molecule has 170 valence electrons. The third-order valence-corrected chi connectivity index (χ3v) is 5.45. The Morgan fingerprint density at radius 3 is 2.59 bits per heavy atom. The minimum absolute atomic E-state index is 0.0297. The molecule has 1 aliphatic rings. The van der Waals surface area contributed by atoms with E-state index >= 15 is 0 Å². The summed E-state index contributed by atoms with van der Waals surface area (Å²) in [5.41, 5.74) is 0.687. The lowest BCUT2D eigenvalue weighted by molar-refractivity contribution is -0.130. The van der Waals surface area contributed by atoms with Crippen LogP contribution in [0.15, 0.2) is 36.8 Å². The van der Waals surface area contributed by atoms with Crippen molar-refractivity contribution >= 4 is 29.2 Å². The van der Waals surface area contributed by atoms with Crippen molar-refractivity contribution in [3.8, 4) is 0 Å². The van der Waals surface area contributed by atoms with E-state index < -0.39 is 35.8 Å². The average Bonchev–Trinajstić information content (AvgIpc) is 3.17. The summed E-state index contributed by atoms with van der Waals surface area (Å²) < 4.78 is 14.0. The first kappa shape index (κ1) is 23.3. The van der Waals surface area contributed by atoms with Crippen molar-refractivity contribution < 1.29 is 18.8 Å². The normalized spacial score (nSPS) is 16.9. The summed E-state index contributed by atoms with van der Waals surface area (Å²) in [5.74, 6) is -1.91. The largest absolute Gasteiger partial charge is 0.343 e. The maximum absolute atomic E-state index is 14.0. The summed E-state index contributed by atoms with van der Waals surface area (Å²) in [6.07, 6.45) is 4.11. The molecular formula is C22H27FN6O3. The van der Waals surface area contributed by atoms with E-state index in [1.54, 1.807) is 26.1 Å². The number of carbonyl (C=O) groups is 3. The first-order valence-electron chi connectivity index (χ1n) is 10.4. The van der Waals surface area contributed by atoms with Crippen LogP contribution in [0.2, 0.25) is 0 Å². The van der Waals surface area contributed by atoms with Gasteiger partial charge in [0, 0.05) is 18.8 Å². The minimum atomic E-state index is -0.945. The molecule has 0 aliphatic carbocycles. The van der Waals surface area contributed by atoms with Crippen LogP contribution in [0.5, 0.6) is 0 Å². The number of likely N-dealkylation sites (N-methyl/N-ethyl adjacent to an activating group) is 1. The van der Waals surface area contributed by atoms with E-state index in [9.17, 15) is 18.8 Å².